The Kier molecular flexibility index (Phi) is 6.47. The first-order valence-corrected chi connectivity index (χ1v) is 9.59. The molecule has 3 rings (SSSR count). The minimum Gasteiger partial charge on any atom is -0.493 e. The van der Waals surface area contributed by atoms with Gasteiger partial charge < -0.3 is 4.74 Å². The van der Waals surface area contributed by atoms with Gasteiger partial charge in [-0.05, 0) is 42.6 Å². The summed E-state index contributed by atoms with van der Waals surface area (Å²) in [5.41, 5.74) is 3.52. The lowest BCUT2D eigenvalue weighted by atomic mass is 9.96. The summed E-state index contributed by atoms with van der Waals surface area (Å²) < 4.78 is 6.10. The molecule has 5 heteroatoms. The van der Waals surface area contributed by atoms with E-state index in [1.165, 1.54) is 16.3 Å². The van der Waals surface area contributed by atoms with E-state index in [9.17, 15) is 4.79 Å². The van der Waals surface area contributed by atoms with Crippen LogP contribution in [0.3, 0.4) is 0 Å². The van der Waals surface area contributed by atoms with Crippen molar-refractivity contribution in [2.75, 3.05) is 19.7 Å². The highest BCUT2D eigenvalue weighted by Gasteiger charge is 2.26. The quantitative estimate of drug-likeness (QED) is 0.346. The van der Waals surface area contributed by atoms with Gasteiger partial charge in [0.2, 0.25) is 5.91 Å². The summed E-state index contributed by atoms with van der Waals surface area (Å²) in [6.07, 6.45) is 4.07. The number of nitrogens with two attached hydrogens (primary N) is 1. The molecule has 1 aliphatic rings. The van der Waals surface area contributed by atoms with Gasteiger partial charge in [0.25, 0.3) is 0 Å². The van der Waals surface area contributed by atoms with Gasteiger partial charge in [-0.1, -0.05) is 43.7 Å². The number of carbonyl (C=O) groups excluding carboxylic acids is 1. The Hall–Kier alpha value is -2.11. The summed E-state index contributed by atoms with van der Waals surface area (Å²) in [5, 5.41) is 2.45. The molecule has 3 N–H and O–H groups in total. The fourth-order valence-corrected chi connectivity index (χ4v) is 3.70. The number of benzene rings is 2. The maximum Gasteiger partial charge on any atom is 0.238 e. The van der Waals surface area contributed by atoms with E-state index in [0.717, 1.165) is 57.7 Å². The smallest absolute Gasteiger partial charge is 0.238 e. The van der Waals surface area contributed by atoms with E-state index in [2.05, 4.69) is 53.6 Å². The number of hydrogen-bond acceptors (Lipinski definition) is 4. The van der Waals surface area contributed by atoms with Crippen LogP contribution in [0.1, 0.15) is 38.2 Å². The zero-order chi connectivity index (χ0) is 18.4. The van der Waals surface area contributed by atoms with Gasteiger partial charge in [-0.2, -0.15) is 0 Å². The third kappa shape index (κ3) is 4.34. The van der Waals surface area contributed by atoms with E-state index < -0.39 is 0 Å². The van der Waals surface area contributed by atoms with Crippen molar-refractivity contribution in [3.8, 4) is 5.75 Å². The van der Waals surface area contributed by atoms with E-state index in [0.29, 0.717) is 0 Å². The van der Waals surface area contributed by atoms with Crippen molar-refractivity contribution < 1.29 is 9.53 Å². The number of nitrogens with one attached hydrogen (secondary N) is 1. The molecule has 0 aromatic heterocycles. The van der Waals surface area contributed by atoms with Gasteiger partial charge in [-0.15, -0.1) is 0 Å². The van der Waals surface area contributed by atoms with E-state index in [4.69, 9.17) is 10.6 Å². The Bertz CT molecular complexity index is 747. The highest BCUT2D eigenvalue weighted by molar-refractivity contribution is 5.87. The second-order valence-corrected chi connectivity index (χ2v) is 7.05. The highest BCUT2D eigenvalue weighted by atomic mass is 16.5. The molecular weight excluding hydrogens is 326 g/mol. The van der Waals surface area contributed by atoms with Crippen LogP contribution in [0.4, 0.5) is 0 Å². The second-order valence-electron chi connectivity index (χ2n) is 7.05. The fourth-order valence-electron chi connectivity index (χ4n) is 3.70. The third-order valence-electron chi connectivity index (χ3n) is 5.15. The molecule has 0 spiro atoms. The number of likely N-dealkylation sites (tertiary alicyclic amines) is 1. The number of unbranched alkanes of at least 4 members (excludes halogenated alkanes) is 1. The minimum absolute atomic E-state index is 0.0341. The van der Waals surface area contributed by atoms with Gasteiger partial charge >= 0.3 is 0 Å². The highest BCUT2D eigenvalue weighted by Crippen LogP contribution is 2.31. The Morgan fingerprint density at radius 1 is 1.31 bits per heavy atom. The summed E-state index contributed by atoms with van der Waals surface area (Å²) in [6.45, 7) is 5.42. The minimum atomic E-state index is -0.0629. The van der Waals surface area contributed by atoms with Crippen molar-refractivity contribution in [1.29, 1.82) is 0 Å². The molecule has 26 heavy (non-hydrogen) atoms. The summed E-state index contributed by atoms with van der Waals surface area (Å²) in [4.78, 5) is 14.3. The number of ether oxygens (including phenoxy) is 1. The van der Waals surface area contributed by atoms with Crippen LogP contribution < -0.4 is 16.0 Å². The predicted molar refractivity (Wildman–Crippen MR) is 105 cm³/mol. The zero-order valence-electron chi connectivity index (χ0n) is 15.5. The molecule has 1 atom stereocenters. The van der Waals surface area contributed by atoms with E-state index >= 15 is 0 Å². The number of carbonyl (C=O) groups is 1. The van der Waals surface area contributed by atoms with Gasteiger partial charge in [0.05, 0.1) is 12.5 Å². The molecule has 1 unspecified atom stereocenters. The van der Waals surface area contributed by atoms with Crippen LogP contribution in [0.5, 0.6) is 5.75 Å². The Balaban J connectivity index is 1.84. The second kappa shape index (κ2) is 9.01. The Morgan fingerprint density at radius 3 is 2.96 bits per heavy atom. The normalized spacial score (nSPS) is 18.0. The SMILES string of the molecule is CCCCOc1ccc2ccccc2c1CN1CCCC(C(=O)NN)C1. The molecule has 140 valence electrons. The van der Waals surface area contributed by atoms with Gasteiger partial charge in [0.15, 0.2) is 0 Å². The first-order chi connectivity index (χ1) is 12.7. The molecule has 1 heterocycles. The van der Waals surface area contributed by atoms with Crippen LogP contribution in [0.2, 0.25) is 0 Å². The lowest BCUT2D eigenvalue weighted by Crippen LogP contribution is -2.44. The standard InChI is InChI=1S/C21H29N3O2/c1-2-3-13-26-20-11-10-16-7-4-5-9-18(16)19(20)15-24-12-6-8-17(14-24)21(25)23-22/h4-5,7,9-11,17H,2-3,6,8,12-15,22H2,1H3,(H,23,25). The Morgan fingerprint density at radius 2 is 2.15 bits per heavy atom. The van der Waals surface area contributed by atoms with Crippen molar-refractivity contribution in [1.82, 2.24) is 10.3 Å². The molecule has 0 bridgehead atoms. The topological polar surface area (TPSA) is 67.6 Å². The van der Waals surface area contributed by atoms with Gasteiger partial charge in [0.1, 0.15) is 5.75 Å². The summed E-state index contributed by atoms with van der Waals surface area (Å²) >= 11 is 0. The van der Waals surface area contributed by atoms with Crippen LogP contribution in [-0.2, 0) is 11.3 Å². The van der Waals surface area contributed by atoms with Gasteiger partial charge in [-0.3, -0.25) is 15.1 Å². The number of amides is 1. The van der Waals surface area contributed by atoms with E-state index in [-0.39, 0.29) is 11.8 Å². The maximum atomic E-state index is 11.9. The molecule has 1 fully saturated rings. The summed E-state index contributed by atoms with van der Waals surface area (Å²) in [6, 6.07) is 12.6. The molecule has 0 radical (unpaired) electrons. The largest absolute Gasteiger partial charge is 0.493 e. The maximum absolute atomic E-state index is 11.9. The fraction of sp³-hybridized carbons (Fsp3) is 0.476. The number of fused-ring (bicyclic) bond motifs is 1. The number of hydrazine groups is 1. The van der Waals surface area contributed by atoms with Crippen molar-refractivity contribution in [2.24, 2.45) is 11.8 Å². The van der Waals surface area contributed by atoms with Crippen molar-refractivity contribution in [3.63, 3.8) is 0 Å². The average molecular weight is 355 g/mol. The molecule has 2 aromatic rings. The number of nitrogens with zero attached hydrogens (tertiary/aromatic N) is 1. The molecule has 5 nitrogen and oxygen atoms in total. The van der Waals surface area contributed by atoms with Gasteiger partial charge in [-0.25, -0.2) is 5.84 Å². The van der Waals surface area contributed by atoms with Gasteiger partial charge in [0, 0.05) is 18.7 Å². The molecule has 1 saturated heterocycles. The number of rotatable bonds is 7. The van der Waals surface area contributed by atoms with E-state index in [1.54, 1.807) is 0 Å². The van der Waals surface area contributed by atoms with Crippen molar-refractivity contribution >= 4 is 16.7 Å². The van der Waals surface area contributed by atoms with Crippen LogP contribution in [-0.4, -0.2) is 30.5 Å². The first kappa shape index (κ1) is 18.7. The van der Waals surface area contributed by atoms with E-state index in [1.807, 2.05) is 0 Å². The lowest BCUT2D eigenvalue weighted by Gasteiger charge is -2.32. The molecular formula is C21H29N3O2. The molecule has 1 amide bonds. The first-order valence-electron chi connectivity index (χ1n) is 9.59. The monoisotopic (exact) mass is 355 g/mol. The lowest BCUT2D eigenvalue weighted by molar-refractivity contribution is -0.126. The van der Waals surface area contributed by atoms with Crippen molar-refractivity contribution in [3.05, 3.63) is 42.0 Å². The van der Waals surface area contributed by atoms with Crippen LogP contribution in [0.15, 0.2) is 36.4 Å². The molecule has 0 aliphatic carbocycles. The molecule has 1 aliphatic heterocycles. The third-order valence-corrected chi connectivity index (χ3v) is 5.15. The van der Waals surface area contributed by atoms with Crippen LogP contribution in [0, 0.1) is 5.92 Å². The Labute approximate surface area is 155 Å². The molecule has 2 aromatic carbocycles. The summed E-state index contributed by atoms with van der Waals surface area (Å²) in [7, 11) is 0. The summed E-state index contributed by atoms with van der Waals surface area (Å²) in [5.74, 6) is 6.19. The predicted octanol–water partition coefficient (Wildman–Crippen LogP) is 3.22. The van der Waals surface area contributed by atoms with Crippen molar-refractivity contribution in [2.45, 2.75) is 39.2 Å². The zero-order valence-corrected chi connectivity index (χ0v) is 15.5. The van der Waals surface area contributed by atoms with Crippen LogP contribution >= 0.6 is 0 Å². The van der Waals surface area contributed by atoms with Crippen LogP contribution in [0.25, 0.3) is 10.8 Å². The molecule has 0 saturated carbocycles. The number of piperidine rings is 1. The number of hydrogen-bond donors (Lipinski definition) is 2. The average Bonchev–Trinajstić information content (AvgIpc) is 2.69.